The van der Waals surface area contributed by atoms with Crippen LogP contribution in [-0.4, -0.2) is 26.5 Å². The van der Waals surface area contributed by atoms with Gasteiger partial charge in [-0.25, -0.2) is 4.68 Å². The molecular formula is C21H22N2O3. The molecule has 0 radical (unpaired) electrons. The summed E-state index contributed by atoms with van der Waals surface area (Å²) in [6.07, 6.45) is 3.38. The summed E-state index contributed by atoms with van der Waals surface area (Å²) in [6.45, 7) is 5.67. The van der Waals surface area contributed by atoms with Crippen molar-refractivity contribution in [3.63, 3.8) is 0 Å². The number of aromatic nitrogens is 2. The number of para-hydroxylation sites is 1. The van der Waals surface area contributed by atoms with Crippen LogP contribution in [0.15, 0.2) is 48.4 Å². The van der Waals surface area contributed by atoms with E-state index in [1.165, 1.54) is 0 Å². The van der Waals surface area contributed by atoms with Crippen LogP contribution in [0, 0.1) is 16.7 Å². The van der Waals surface area contributed by atoms with Gasteiger partial charge in [-0.15, -0.1) is 0 Å². The number of ketones is 2. The summed E-state index contributed by atoms with van der Waals surface area (Å²) < 4.78 is 1.81. The number of fused-ring (bicyclic) bond motifs is 2. The quantitative estimate of drug-likeness (QED) is 0.629. The van der Waals surface area contributed by atoms with Crippen LogP contribution in [0.5, 0.6) is 0 Å². The van der Waals surface area contributed by atoms with Crippen molar-refractivity contribution in [2.75, 3.05) is 0 Å². The van der Waals surface area contributed by atoms with E-state index in [4.69, 9.17) is 0 Å². The second-order valence-electron chi connectivity index (χ2n) is 8.14. The second-order valence-corrected chi connectivity index (χ2v) is 8.14. The van der Waals surface area contributed by atoms with Gasteiger partial charge in [0.15, 0.2) is 11.6 Å². The summed E-state index contributed by atoms with van der Waals surface area (Å²) in [5, 5.41) is 14.0. The van der Waals surface area contributed by atoms with Gasteiger partial charge >= 0.3 is 0 Å². The number of nitrogens with zero attached hydrogens (tertiary/aromatic N) is 2. The molecule has 0 saturated heterocycles. The fourth-order valence-corrected chi connectivity index (χ4v) is 4.84. The van der Waals surface area contributed by atoms with Gasteiger partial charge in [0.2, 0.25) is 0 Å². The molecule has 0 amide bonds. The van der Waals surface area contributed by atoms with Crippen molar-refractivity contribution >= 4 is 11.6 Å². The fraction of sp³-hybridized carbons (Fsp3) is 0.381. The van der Waals surface area contributed by atoms with Gasteiger partial charge in [0.05, 0.1) is 29.4 Å². The largest absolute Gasteiger partial charge is 0.515 e. The Morgan fingerprint density at radius 1 is 1.15 bits per heavy atom. The van der Waals surface area contributed by atoms with Gasteiger partial charge in [-0.2, -0.15) is 5.10 Å². The Balaban J connectivity index is 1.88. The molecular weight excluding hydrogens is 328 g/mol. The third-order valence-electron chi connectivity index (χ3n) is 6.26. The van der Waals surface area contributed by atoms with Crippen molar-refractivity contribution in [1.82, 2.24) is 9.78 Å². The molecule has 26 heavy (non-hydrogen) atoms. The maximum absolute atomic E-state index is 13.4. The minimum Gasteiger partial charge on any atom is -0.515 e. The van der Waals surface area contributed by atoms with Crippen molar-refractivity contribution in [2.24, 2.45) is 16.7 Å². The highest BCUT2D eigenvalue weighted by molar-refractivity contribution is 6.08. The van der Waals surface area contributed by atoms with E-state index in [1.807, 2.05) is 55.8 Å². The van der Waals surface area contributed by atoms with E-state index in [0.29, 0.717) is 17.6 Å². The SMILES string of the molecule is CC1(C)C(=O)/C(=C\O)C[C@]2(C)C(=O)c3cnn(-c4ccccc4)c3C[C@@H]12. The van der Waals surface area contributed by atoms with Crippen LogP contribution >= 0.6 is 0 Å². The summed E-state index contributed by atoms with van der Waals surface area (Å²) in [6, 6.07) is 9.72. The molecule has 1 aromatic carbocycles. The standard InChI is InChI=1S/C21H22N2O3/c1-20(2)17-9-16-15(11-22-23(16)14-7-5-4-6-8-14)19(26)21(17,3)10-13(12-24)18(20)25/h4-8,11-12,17,24H,9-10H2,1-3H3/b13-12-/t17-,21-/m0/s1. The molecule has 1 fully saturated rings. The van der Waals surface area contributed by atoms with E-state index in [1.54, 1.807) is 6.20 Å². The maximum atomic E-state index is 13.4. The number of carbonyl (C=O) groups excluding carboxylic acids is 2. The fourth-order valence-electron chi connectivity index (χ4n) is 4.84. The number of Topliss-reactive ketones (excluding diaryl/α,β-unsaturated/α-hetero) is 2. The van der Waals surface area contributed by atoms with Gasteiger partial charge in [-0.3, -0.25) is 9.59 Å². The number of aliphatic hydroxyl groups excluding tert-OH is 1. The van der Waals surface area contributed by atoms with Crippen molar-refractivity contribution in [3.05, 3.63) is 59.6 Å². The molecule has 5 heteroatoms. The number of benzene rings is 1. The van der Waals surface area contributed by atoms with Crippen molar-refractivity contribution in [1.29, 1.82) is 0 Å². The predicted molar refractivity (Wildman–Crippen MR) is 97.3 cm³/mol. The average Bonchev–Trinajstić information content (AvgIpc) is 3.06. The molecule has 1 N–H and O–H groups in total. The Bertz CT molecular complexity index is 939. The molecule has 0 unspecified atom stereocenters. The van der Waals surface area contributed by atoms with E-state index in [0.717, 1.165) is 17.6 Å². The van der Waals surface area contributed by atoms with E-state index >= 15 is 0 Å². The van der Waals surface area contributed by atoms with E-state index in [9.17, 15) is 14.7 Å². The second kappa shape index (κ2) is 5.40. The van der Waals surface area contributed by atoms with Gasteiger partial charge < -0.3 is 5.11 Å². The number of hydrogen-bond acceptors (Lipinski definition) is 4. The molecule has 1 saturated carbocycles. The number of rotatable bonds is 1. The van der Waals surface area contributed by atoms with Gasteiger partial charge in [-0.05, 0) is 30.9 Å². The molecule has 2 aliphatic carbocycles. The Kier molecular flexibility index (Phi) is 3.48. The van der Waals surface area contributed by atoms with Crippen molar-refractivity contribution in [3.8, 4) is 5.69 Å². The lowest BCUT2D eigenvalue weighted by atomic mass is 9.50. The maximum Gasteiger partial charge on any atom is 0.172 e. The van der Waals surface area contributed by atoms with Crippen molar-refractivity contribution < 1.29 is 14.7 Å². The lowest BCUT2D eigenvalue weighted by molar-refractivity contribution is -0.132. The zero-order chi connectivity index (χ0) is 18.7. The molecule has 4 rings (SSSR count). The molecule has 0 spiro atoms. The van der Waals surface area contributed by atoms with E-state index in [-0.39, 0.29) is 23.9 Å². The first-order valence-electron chi connectivity index (χ1n) is 8.86. The van der Waals surface area contributed by atoms with Gasteiger partial charge in [0, 0.05) is 16.4 Å². The summed E-state index contributed by atoms with van der Waals surface area (Å²) >= 11 is 0. The first-order chi connectivity index (χ1) is 12.3. The lowest BCUT2D eigenvalue weighted by Crippen LogP contribution is -2.55. The van der Waals surface area contributed by atoms with Crippen LogP contribution in [0.2, 0.25) is 0 Å². The van der Waals surface area contributed by atoms with Gasteiger partial charge in [0.1, 0.15) is 0 Å². The summed E-state index contributed by atoms with van der Waals surface area (Å²) in [5.74, 6) is -0.222. The zero-order valence-corrected chi connectivity index (χ0v) is 15.2. The molecule has 2 aliphatic rings. The van der Waals surface area contributed by atoms with Gasteiger partial charge in [-0.1, -0.05) is 39.0 Å². The van der Waals surface area contributed by atoms with Gasteiger partial charge in [0.25, 0.3) is 0 Å². The molecule has 1 aromatic heterocycles. The average molecular weight is 350 g/mol. The van der Waals surface area contributed by atoms with Crippen LogP contribution < -0.4 is 0 Å². The lowest BCUT2D eigenvalue weighted by Gasteiger charge is -2.51. The molecule has 134 valence electrons. The Hall–Kier alpha value is -2.69. The Morgan fingerprint density at radius 3 is 2.50 bits per heavy atom. The summed E-state index contributed by atoms with van der Waals surface area (Å²) in [5.41, 5.74) is 1.27. The van der Waals surface area contributed by atoms with Crippen LogP contribution in [0.25, 0.3) is 5.69 Å². The third kappa shape index (κ3) is 2.06. The summed E-state index contributed by atoms with van der Waals surface area (Å²) in [4.78, 5) is 26.2. The first-order valence-corrected chi connectivity index (χ1v) is 8.86. The zero-order valence-electron chi connectivity index (χ0n) is 15.2. The minimum atomic E-state index is -0.735. The Labute approximate surface area is 152 Å². The first kappa shape index (κ1) is 16.8. The topological polar surface area (TPSA) is 72.2 Å². The van der Waals surface area contributed by atoms with Crippen LogP contribution in [0.3, 0.4) is 0 Å². The summed E-state index contributed by atoms with van der Waals surface area (Å²) in [7, 11) is 0. The van der Waals surface area contributed by atoms with Crippen LogP contribution in [-0.2, 0) is 11.2 Å². The monoisotopic (exact) mass is 350 g/mol. The van der Waals surface area contributed by atoms with E-state index < -0.39 is 10.8 Å². The van der Waals surface area contributed by atoms with E-state index in [2.05, 4.69) is 5.10 Å². The highest BCUT2D eigenvalue weighted by Crippen LogP contribution is 2.56. The number of carbonyl (C=O) groups is 2. The molecule has 2 aromatic rings. The molecule has 0 aliphatic heterocycles. The van der Waals surface area contributed by atoms with Crippen molar-refractivity contribution in [2.45, 2.75) is 33.6 Å². The Morgan fingerprint density at radius 2 is 1.85 bits per heavy atom. The predicted octanol–water partition coefficient (Wildman–Crippen LogP) is 3.67. The minimum absolute atomic E-state index is 0.00542. The molecule has 1 heterocycles. The van der Waals surface area contributed by atoms with Crippen LogP contribution in [0.4, 0.5) is 0 Å². The highest BCUT2D eigenvalue weighted by Gasteiger charge is 2.59. The molecule has 0 bridgehead atoms. The molecule has 5 nitrogen and oxygen atoms in total. The normalized spacial score (nSPS) is 28.7. The third-order valence-corrected chi connectivity index (χ3v) is 6.26. The smallest absolute Gasteiger partial charge is 0.172 e. The number of allylic oxidation sites excluding steroid dienone is 1. The molecule has 2 atom stereocenters. The highest BCUT2D eigenvalue weighted by atomic mass is 16.2. The number of hydrogen-bond donors (Lipinski definition) is 1. The number of aliphatic hydroxyl groups is 1. The van der Waals surface area contributed by atoms with Crippen LogP contribution in [0.1, 0.15) is 43.2 Å².